The molecule has 3 aromatic heterocycles. The maximum atomic E-state index is 5.24. The van der Waals surface area contributed by atoms with E-state index in [1.807, 2.05) is 47.7 Å². The summed E-state index contributed by atoms with van der Waals surface area (Å²) in [4.78, 5) is 16.8. The predicted octanol–water partition coefficient (Wildman–Crippen LogP) is 12.6. The molecule has 0 fully saturated rings. The third-order valence-corrected chi connectivity index (χ3v) is 13.1. The summed E-state index contributed by atoms with van der Waals surface area (Å²) in [6, 6.07) is 50.1. The average molecular weight is 713 g/mol. The van der Waals surface area contributed by atoms with Crippen LogP contribution in [0.15, 0.2) is 146 Å². The molecule has 0 saturated carbocycles. The Balaban J connectivity index is 1.14. The van der Waals surface area contributed by atoms with Gasteiger partial charge in [0.15, 0.2) is 11.6 Å². The number of thiophene rings is 1. The van der Waals surface area contributed by atoms with Crippen molar-refractivity contribution in [1.29, 1.82) is 0 Å². The lowest BCUT2D eigenvalue weighted by Gasteiger charge is -2.24. The van der Waals surface area contributed by atoms with E-state index in [9.17, 15) is 0 Å². The molecule has 2 aliphatic carbocycles. The summed E-state index contributed by atoms with van der Waals surface area (Å²) in [6.07, 6.45) is 4.67. The van der Waals surface area contributed by atoms with Gasteiger partial charge in [-0.2, -0.15) is 0 Å². The SMILES string of the molecule is CC1C=Cc2c(sc3c(-n4c5ccccc5c5cc6c(cc54)C(C)(C)c4ccccc4-6)cccc23)C1c1nc(-c2ccccc2)nc(-c2ccccc2)n1. The topological polar surface area (TPSA) is 43.6 Å². The summed E-state index contributed by atoms with van der Waals surface area (Å²) < 4.78 is 3.79. The Morgan fingerprint density at radius 2 is 1.26 bits per heavy atom. The van der Waals surface area contributed by atoms with Crippen LogP contribution in [0.1, 0.15) is 54.1 Å². The van der Waals surface area contributed by atoms with Gasteiger partial charge in [-0.3, -0.25) is 0 Å². The van der Waals surface area contributed by atoms with Crippen molar-refractivity contribution in [3.05, 3.63) is 173 Å². The van der Waals surface area contributed by atoms with E-state index in [4.69, 9.17) is 15.0 Å². The highest BCUT2D eigenvalue weighted by molar-refractivity contribution is 7.20. The second-order valence-electron chi connectivity index (χ2n) is 15.2. The molecule has 0 bridgehead atoms. The van der Waals surface area contributed by atoms with E-state index < -0.39 is 0 Å². The maximum absolute atomic E-state index is 5.24. The summed E-state index contributed by atoms with van der Waals surface area (Å²) in [5.74, 6) is 2.38. The van der Waals surface area contributed by atoms with Crippen LogP contribution in [0.5, 0.6) is 0 Å². The first-order valence-electron chi connectivity index (χ1n) is 18.7. The van der Waals surface area contributed by atoms with Crippen LogP contribution in [0.2, 0.25) is 0 Å². The van der Waals surface area contributed by atoms with E-state index in [1.165, 1.54) is 70.3 Å². The fraction of sp³-hybridized carbons (Fsp3) is 0.122. The Hall–Kier alpha value is -6.17. The maximum Gasteiger partial charge on any atom is 0.163 e. The van der Waals surface area contributed by atoms with Crippen LogP contribution in [0, 0.1) is 5.92 Å². The number of hydrogen-bond acceptors (Lipinski definition) is 4. The Morgan fingerprint density at radius 1 is 0.593 bits per heavy atom. The number of aromatic nitrogens is 4. The molecule has 0 spiro atoms. The third-order valence-electron chi connectivity index (χ3n) is 11.7. The van der Waals surface area contributed by atoms with Crippen LogP contribution in [-0.2, 0) is 5.41 Å². The highest BCUT2D eigenvalue weighted by Gasteiger charge is 2.37. The molecule has 5 heteroatoms. The third kappa shape index (κ3) is 4.51. The smallest absolute Gasteiger partial charge is 0.163 e. The van der Waals surface area contributed by atoms with Crippen LogP contribution >= 0.6 is 11.3 Å². The van der Waals surface area contributed by atoms with Gasteiger partial charge in [-0.1, -0.05) is 148 Å². The van der Waals surface area contributed by atoms with Gasteiger partial charge in [0.25, 0.3) is 0 Å². The first-order valence-corrected chi connectivity index (χ1v) is 19.6. The molecule has 0 aliphatic heterocycles. The second kappa shape index (κ2) is 11.7. The van der Waals surface area contributed by atoms with Crippen molar-refractivity contribution in [3.63, 3.8) is 0 Å². The number of nitrogens with zero attached hydrogens (tertiary/aromatic N) is 4. The molecular weight excluding hydrogens is 677 g/mol. The molecule has 4 nitrogen and oxygen atoms in total. The molecule has 0 amide bonds. The molecule has 54 heavy (non-hydrogen) atoms. The monoisotopic (exact) mass is 712 g/mol. The van der Waals surface area contributed by atoms with Crippen LogP contribution in [0.4, 0.5) is 0 Å². The van der Waals surface area contributed by atoms with E-state index in [1.54, 1.807) is 0 Å². The highest BCUT2D eigenvalue weighted by atomic mass is 32.1. The first kappa shape index (κ1) is 31.4. The van der Waals surface area contributed by atoms with Crippen molar-refractivity contribution >= 4 is 49.3 Å². The van der Waals surface area contributed by atoms with E-state index in [-0.39, 0.29) is 17.3 Å². The minimum Gasteiger partial charge on any atom is -0.308 e. The second-order valence-corrected chi connectivity index (χ2v) is 16.3. The Kier molecular flexibility index (Phi) is 6.77. The fourth-order valence-corrected chi connectivity index (χ4v) is 10.6. The Labute approximate surface area is 318 Å². The highest BCUT2D eigenvalue weighted by Crippen LogP contribution is 2.52. The zero-order chi connectivity index (χ0) is 36.1. The summed E-state index contributed by atoms with van der Waals surface area (Å²) in [7, 11) is 0. The van der Waals surface area contributed by atoms with Gasteiger partial charge in [-0.15, -0.1) is 11.3 Å². The van der Waals surface area contributed by atoms with Crippen molar-refractivity contribution in [2.24, 2.45) is 5.92 Å². The van der Waals surface area contributed by atoms with Gasteiger partial charge >= 0.3 is 0 Å². The molecule has 258 valence electrons. The quantitative estimate of drug-likeness (QED) is 0.182. The normalized spacial score (nSPS) is 16.9. The molecule has 0 N–H and O–H groups in total. The van der Waals surface area contributed by atoms with Crippen molar-refractivity contribution < 1.29 is 0 Å². The molecular formula is C49H36N4S. The Morgan fingerprint density at radius 3 is 2.02 bits per heavy atom. The van der Waals surface area contributed by atoms with Gasteiger partial charge in [0, 0.05) is 37.6 Å². The van der Waals surface area contributed by atoms with Gasteiger partial charge in [-0.05, 0) is 58.0 Å². The minimum atomic E-state index is -0.0919. The lowest BCUT2D eigenvalue weighted by atomic mass is 9.82. The number of fused-ring (bicyclic) bond motifs is 9. The number of rotatable bonds is 4. The zero-order valence-electron chi connectivity index (χ0n) is 30.3. The van der Waals surface area contributed by atoms with Gasteiger partial charge in [0.05, 0.1) is 27.3 Å². The van der Waals surface area contributed by atoms with Crippen molar-refractivity contribution in [1.82, 2.24) is 19.5 Å². The summed E-state index contributed by atoms with van der Waals surface area (Å²) in [6.45, 7) is 7.02. The summed E-state index contributed by atoms with van der Waals surface area (Å²) in [5, 5.41) is 3.82. The van der Waals surface area contributed by atoms with Gasteiger partial charge in [0.2, 0.25) is 0 Å². The molecule has 2 aliphatic rings. The van der Waals surface area contributed by atoms with E-state index in [2.05, 4.69) is 141 Å². The molecule has 3 heterocycles. The van der Waals surface area contributed by atoms with Crippen molar-refractivity contribution in [2.45, 2.75) is 32.1 Å². The van der Waals surface area contributed by atoms with E-state index in [0.29, 0.717) is 11.6 Å². The van der Waals surface area contributed by atoms with Gasteiger partial charge < -0.3 is 4.57 Å². The molecule has 2 atom stereocenters. The average Bonchev–Trinajstić information content (AvgIpc) is 3.83. The summed E-state index contributed by atoms with van der Waals surface area (Å²) in [5.41, 5.74) is 12.3. The number of benzene rings is 6. The standard InChI is InChI=1S/C49H36N4S/c1-29-25-26-35-34-21-14-24-41(53-40-23-13-11-20-33(40)37-27-36-32-19-10-12-22-38(32)49(2,3)39(36)28-42(37)53)44(34)54-45(35)43(29)48-51-46(30-15-6-4-7-16-30)50-47(52-48)31-17-8-5-9-18-31/h4-29,43H,1-3H3. The van der Waals surface area contributed by atoms with Gasteiger partial charge in [0.1, 0.15) is 5.82 Å². The largest absolute Gasteiger partial charge is 0.308 e. The molecule has 0 radical (unpaired) electrons. The van der Waals surface area contributed by atoms with Crippen molar-refractivity contribution in [2.75, 3.05) is 0 Å². The number of hydrogen-bond donors (Lipinski definition) is 0. The molecule has 11 rings (SSSR count). The molecule has 0 saturated heterocycles. The van der Waals surface area contributed by atoms with Crippen molar-refractivity contribution in [3.8, 4) is 39.6 Å². The van der Waals surface area contributed by atoms with Gasteiger partial charge in [-0.25, -0.2) is 15.0 Å². The first-order chi connectivity index (χ1) is 26.5. The lowest BCUT2D eigenvalue weighted by molar-refractivity contribution is 0.594. The minimum absolute atomic E-state index is 0.0242. The Bertz CT molecular complexity index is 2930. The molecule has 2 unspecified atom stereocenters. The van der Waals surface area contributed by atoms with Crippen LogP contribution in [0.25, 0.3) is 77.6 Å². The number of allylic oxidation sites excluding steroid dienone is 1. The van der Waals surface area contributed by atoms with E-state index in [0.717, 1.165) is 17.0 Å². The lowest BCUT2D eigenvalue weighted by Crippen LogP contribution is -2.17. The van der Waals surface area contributed by atoms with Crippen LogP contribution in [0.3, 0.4) is 0 Å². The predicted molar refractivity (Wildman–Crippen MR) is 224 cm³/mol. The fourth-order valence-electron chi connectivity index (χ4n) is 9.06. The summed E-state index contributed by atoms with van der Waals surface area (Å²) >= 11 is 1.89. The van der Waals surface area contributed by atoms with Crippen LogP contribution < -0.4 is 0 Å². The molecule has 6 aromatic carbocycles. The van der Waals surface area contributed by atoms with E-state index >= 15 is 0 Å². The van der Waals surface area contributed by atoms with Crippen LogP contribution in [-0.4, -0.2) is 19.5 Å². The molecule has 9 aromatic rings. The zero-order valence-corrected chi connectivity index (χ0v) is 31.1. The number of para-hydroxylation sites is 1.